The fourth-order valence-electron chi connectivity index (χ4n) is 2.69. The second-order valence-corrected chi connectivity index (χ2v) is 9.20. The van der Waals surface area contributed by atoms with E-state index in [-0.39, 0.29) is 10.8 Å². The SMILES string of the molecule is C[C@H](N[S+]([O-])C(C)(C)C)c1cc2ccccc2nc1-c1ccccc1. The van der Waals surface area contributed by atoms with Crippen molar-refractivity contribution in [1.82, 2.24) is 9.71 Å². The molecule has 0 radical (unpaired) electrons. The number of fused-ring (bicyclic) bond motifs is 1. The average Bonchev–Trinajstić information content (AvgIpc) is 2.60. The summed E-state index contributed by atoms with van der Waals surface area (Å²) in [6.07, 6.45) is 0. The van der Waals surface area contributed by atoms with Gasteiger partial charge in [-0.1, -0.05) is 48.5 Å². The molecule has 0 bridgehead atoms. The van der Waals surface area contributed by atoms with Crippen LogP contribution < -0.4 is 4.72 Å². The molecule has 4 heteroatoms. The molecular weight excluding hydrogens is 328 g/mol. The molecule has 1 heterocycles. The third kappa shape index (κ3) is 4.03. The van der Waals surface area contributed by atoms with Crippen LogP contribution in [0.5, 0.6) is 0 Å². The lowest BCUT2D eigenvalue weighted by Crippen LogP contribution is -2.40. The molecule has 0 aliphatic carbocycles. The van der Waals surface area contributed by atoms with Crippen LogP contribution in [0.15, 0.2) is 60.7 Å². The Balaban J connectivity index is 2.08. The topological polar surface area (TPSA) is 48.0 Å². The highest BCUT2D eigenvalue weighted by Gasteiger charge is 2.29. The van der Waals surface area contributed by atoms with E-state index in [1.807, 2.05) is 64.1 Å². The quantitative estimate of drug-likeness (QED) is 0.671. The van der Waals surface area contributed by atoms with Gasteiger partial charge in [0.25, 0.3) is 0 Å². The van der Waals surface area contributed by atoms with E-state index in [2.05, 4.69) is 29.0 Å². The van der Waals surface area contributed by atoms with Crippen LogP contribution in [0.4, 0.5) is 0 Å². The van der Waals surface area contributed by atoms with Gasteiger partial charge < -0.3 is 4.55 Å². The molecule has 0 amide bonds. The molecule has 2 atom stereocenters. The molecule has 2 aromatic carbocycles. The molecule has 0 saturated carbocycles. The lowest BCUT2D eigenvalue weighted by atomic mass is 9.99. The first-order chi connectivity index (χ1) is 11.9. The Hall–Kier alpha value is -1.88. The van der Waals surface area contributed by atoms with Crippen molar-refractivity contribution in [2.45, 2.75) is 38.5 Å². The van der Waals surface area contributed by atoms with Crippen molar-refractivity contribution < 1.29 is 4.55 Å². The van der Waals surface area contributed by atoms with Gasteiger partial charge in [-0.2, -0.15) is 0 Å². The second kappa shape index (κ2) is 7.16. The van der Waals surface area contributed by atoms with Crippen LogP contribution in [0.3, 0.4) is 0 Å². The lowest BCUT2D eigenvalue weighted by molar-refractivity contribution is 0.531. The van der Waals surface area contributed by atoms with Crippen LogP contribution in [-0.2, 0) is 11.4 Å². The summed E-state index contributed by atoms with van der Waals surface area (Å²) < 4.78 is 15.5. The molecule has 1 N–H and O–H groups in total. The molecule has 130 valence electrons. The largest absolute Gasteiger partial charge is 0.598 e. The fraction of sp³-hybridized carbons (Fsp3) is 0.286. The summed E-state index contributed by atoms with van der Waals surface area (Å²) in [5, 5.41) is 1.09. The van der Waals surface area contributed by atoms with Crippen LogP contribution in [0, 0.1) is 0 Å². The predicted octanol–water partition coefficient (Wildman–Crippen LogP) is 5.01. The summed E-state index contributed by atoms with van der Waals surface area (Å²) in [5.74, 6) is 0. The first-order valence-electron chi connectivity index (χ1n) is 8.49. The third-order valence-corrected chi connectivity index (χ3v) is 5.79. The Morgan fingerprint density at radius 3 is 2.32 bits per heavy atom. The van der Waals surface area contributed by atoms with Gasteiger partial charge in [-0.3, -0.25) is 0 Å². The molecule has 3 aromatic rings. The normalized spacial score (nSPS) is 14.4. The molecule has 0 aliphatic heterocycles. The van der Waals surface area contributed by atoms with Gasteiger partial charge >= 0.3 is 0 Å². The zero-order valence-corrected chi connectivity index (χ0v) is 15.9. The first kappa shape index (κ1) is 17.9. The molecule has 3 rings (SSSR count). The lowest BCUT2D eigenvalue weighted by Gasteiger charge is -2.27. The van der Waals surface area contributed by atoms with Crippen LogP contribution in [0.25, 0.3) is 22.2 Å². The number of benzene rings is 2. The molecule has 0 spiro atoms. The summed E-state index contributed by atoms with van der Waals surface area (Å²) in [7, 11) is 0. The van der Waals surface area contributed by atoms with Gasteiger partial charge in [-0.05, 0) is 39.8 Å². The molecule has 0 fully saturated rings. The number of aromatic nitrogens is 1. The van der Waals surface area contributed by atoms with Gasteiger partial charge in [0.2, 0.25) is 0 Å². The van der Waals surface area contributed by atoms with Crippen molar-refractivity contribution in [3.05, 3.63) is 66.2 Å². The highest BCUT2D eigenvalue weighted by molar-refractivity contribution is 7.90. The van der Waals surface area contributed by atoms with Gasteiger partial charge in [-0.25, -0.2) is 4.98 Å². The molecule has 0 aliphatic rings. The summed E-state index contributed by atoms with van der Waals surface area (Å²) in [5.41, 5.74) is 4.03. The summed E-state index contributed by atoms with van der Waals surface area (Å²) in [4.78, 5) is 4.90. The van der Waals surface area contributed by atoms with Crippen LogP contribution in [-0.4, -0.2) is 14.3 Å². The zero-order chi connectivity index (χ0) is 18.0. The standard InChI is InChI=1S/C21H24N2OS/c1-15(23-25(24)21(2,3)4)18-14-17-12-8-9-13-19(17)22-20(18)16-10-6-5-7-11-16/h5-15,23H,1-4H3/t15-,25?/m0/s1. The monoisotopic (exact) mass is 352 g/mol. The van der Waals surface area contributed by atoms with E-state index in [1.165, 1.54) is 0 Å². The minimum Gasteiger partial charge on any atom is -0.598 e. The van der Waals surface area contributed by atoms with E-state index in [0.717, 1.165) is 27.7 Å². The van der Waals surface area contributed by atoms with Gasteiger partial charge in [0.1, 0.15) is 4.75 Å². The Morgan fingerprint density at radius 1 is 1.00 bits per heavy atom. The molecule has 25 heavy (non-hydrogen) atoms. The minimum absolute atomic E-state index is 0.0765. The molecule has 1 unspecified atom stereocenters. The predicted molar refractivity (Wildman–Crippen MR) is 107 cm³/mol. The van der Waals surface area contributed by atoms with Crippen molar-refractivity contribution in [1.29, 1.82) is 0 Å². The number of hydrogen-bond donors (Lipinski definition) is 1. The Morgan fingerprint density at radius 2 is 1.64 bits per heavy atom. The number of para-hydroxylation sites is 1. The van der Waals surface area contributed by atoms with Crippen molar-refractivity contribution in [2.75, 3.05) is 0 Å². The highest BCUT2D eigenvalue weighted by Crippen LogP contribution is 2.31. The van der Waals surface area contributed by atoms with Crippen molar-refractivity contribution in [3.63, 3.8) is 0 Å². The van der Waals surface area contributed by atoms with Crippen LogP contribution >= 0.6 is 0 Å². The van der Waals surface area contributed by atoms with Crippen molar-refractivity contribution >= 4 is 22.3 Å². The summed E-state index contributed by atoms with van der Waals surface area (Å²) in [6.45, 7) is 7.96. The second-order valence-electron chi connectivity index (χ2n) is 7.21. The highest BCUT2D eigenvalue weighted by atomic mass is 32.2. The van der Waals surface area contributed by atoms with Crippen LogP contribution in [0.1, 0.15) is 39.3 Å². The molecular formula is C21H24N2OS. The zero-order valence-electron chi connectivity index (χ0n) is 15.1. The molecule has 0 saturated heterocycles. The van der Waals surface area contributed by atoms with E-state index < -0.39 is 11.4 Å². The maximum atomic E-state index is 12.5. The fourth-order valence-corrected chi connectivity index (χ4v) is 3.49. The maximum Gasteiger partial charge on any atom is 0.136 e. The van der Waals surface area contributed by atoms with Crippen LogP contribution in [0.2, 0.25) is 0 Å². The Bertz CT molecular complexity index is 859. The van der Waals surface area contributed by atoms with E-state index in [9.17, 15) is 4.55 Å². The third-order valence-electron chi connectivity index (χ3n) is 4.11. The van der Waals surface area contributed by atoms with Gasteiger partial charge in [-0.15, -0.1) is 4.72 Å². The summed E-state index contributed by atoms with van der Waals surface area (Å²) in [6, 6.07) is 20.3. The van der Waals surface area contributed by atoms with E-state index >= 15 is 0 Å². The van der Waals surface area contributed by atoms with E-state index in [4.69, 9.17) is 4.98 Å². The van der Waals surface area contributed by atoms with Gasteiger partial charge in [0.05, 0.1) is 17.3 Å². The van der Waals surface area contributed by atoms with Gasteiger partial charge in [0, 0.05) is 27.9 Å². The van der Waals surface area contributed by atoms with Crippen molar-refractivity contribution in [2.24, 2.45) is 0 Å². The van der Waals surface area contributed by atoms with E-state index in [0.29, 0.717) is 0 Å². The number of nitrogens with zero attached hydrogens (tertiary/aromatic N) is 1. The first-order valence-corrected chi connectivity index (χ1v) is 9.64. The Labute approximate surface area is 152 Å². The number of pyridine rings is 1. The smallest absolute Gasteiger partial charge is 0.136 e. The number of rotatable bonds is 4. The maximum absolute atomic E-state index is 12.5. The number of nitrogens with one attached hydrogen (secondary N) is 1. The summed E-state index contributed by atoms with van der Waals surface area (Å²) >= 11 is -1.14. The molecule has 1 aromatic heterocycles. The number of hydrogen-bond acceptors (Lipinski definition) is 3. The Kier molecular flexibility index (Phi) is 5.13. The van der Waals surface area contributed by atoms with Gasteiger partial charge in [0.15, 0.2) is 0 Å². The minimum atomic E-state index is -1.14. The van der Waals surface area contributed by atoms with Crippen molar-refractivity contribution in [3.8, 4) is 11.3 Å². The van der Waals surface area contributed by atoms with E-state index in [1.54, 1.807) is 0 Å². The molecule has 3 nitrogen and oxygen atoms in total. The average molecular weight is 353 g/mol.